The highest BCUT2D eigenvalue weighted by Crippen LogP contribution is 2.18. The second-order valence-electron chi connectivity index (χ2n) is 6.14. The van der Waals surface area contributed by atoms with E-state index < -0.39 is 27.9 Å². The summed E-state index contributed by atoms with van der Waals surface area (Å²) in [4.78, 5) is 23.7. The van der Waals surface area contributed by atoms with E-state index >= 15 is 0 Å². The van der Waals surface area contributed by atoms with Crippen LogP contribution in [0.1, 0.15) is 29.2 Å². The van der Waals surface area contributed by atoms with Gasteiger partial charge in [0.05, 0.1) is 4.90 Å². The van der Waals surface area contributed by atoms with Gasteiger partial charge in [-0.25, -0.2) is 17.9 Å². The first kappa shape index (κ1) is 20.6. The van der Waals surface area contributed by atoms with Crippen molar-refractivity contribution in [3.05, 3.63) is 65.2 Å². The van der Waals surface area contributed by atoms with Gasteiger partial charge in [0.1, 0.15) is 0 Å². The van der Waals surface area contributed by atoms with Crippen LogP contribution >= 0.6 is 0 Å². The van der Waals surface area contributed by atoms with Crippen molar-refractivity contribution in [2.45, 2.75) is 31.2 Å². The van der Waals surface area contributed by atoms with E-state index in [0.717, 1.165) is 11.1 Å². The molecule has 0 saturated carbocycles. The molecule has 2 aromatic carbocycles. The van der Waals surface area contributed by atoms with Crippen LogP contribution in [-0.4, -0.2) is 31.9 Å². The van der Waals surface area contributed by atoms with Gasteiger partial charge < -0.3 is 10.4 Å². The first-order valence-corrected chi connectivity index (χ1v) is 9.83. The Kier molecular flexibility index (Phi) is 6.70. The number of rotatable bonds is 8. The molecule has 1 unspecified atom stereocenters. The molecule has 0 saturated heterocycles. The molecule has 1 amide bonds. The lowest BCUT2D eigenvalue weighted by Crippen LogP contribution is -2.36. The van der Waals surface area contributed by atoms with Crippen LogP contribution < -0.4 is 10.0 Å². The van der Waals surface area contributed by atoms with Crippen molar-refractivity contribution in [2.75, 3.05) is 6.54 Å². The second-order valence-corrected chi connectivity index (χ2v) is 7.91. The molecule has 0 spiro atoms. The zero-order valence-corrected chi connectivity index (χ0v) is 15.9. The van der Waals surface area contributed by atoms with Gasteiger partial charge in [-0.15, -0.1) is 0 Å². The van der Waals surface area contributed by atoms with Gasteiger partial charge in [0.25, 0.3) is 0 Å². The van der Waals surface area contributed by atoms with Crippen LogP contribution in [0.2, 0.25) is 0 Å². The summed E-state index contributed by atoms with van der Waals surface area (Å²) < 4.78 is 26.5. The Morgan fingerprint density at radius 2 is 1.70 bits per heavy atom. The summed E-state index contributed by atoms with van der Waals surface area (Å²) in [5.74, 6) is -1.74. The van der Waals surface area contributed by atoms with Crippen molar-refractivity contribution in [2.24, 2.45) is 0 Å². The summed E-state index contributed by atoms with van der Waals surface area (Å²) in [6.45, 7) is 3.63. The van der Waals surface area contributed by atoms with Gasteiger partial charge >= 0.3 is 5.97 Å². The molecule has 0 fully saturated rings. The molecule has 0 bridgehead atoms. The third kappa shape index (κ3) is 5.63. The molecule has 144 valence electrons. The highest BCUT2D eigenvalue weighted by Gasteiger charge is 2.22. The lowest BCUT2D eigenvalue weighted by atomic mass is 10.0. The minimum atomic E-state index is -3.71. The number of aliphatic carboxylic acids is 1. The lowest BCUT2D eigenvalue weighted by molar-refractivity contribution is -0.142. The molecule has 0 aliphatic rings. The number of carbonyl (C=O) groups excluding carboxylic acids is 1. The largest absolute Gasteiger partial charge is 0.479 e. The molecular formula is C19H22N2O5S. The number of benzene rings is 2. The molecule has 0 heterocycles. The summed E-state index contributed by atoms with van der Waals surface area (Å²) >= 11 is 0. The Hall–Kier alpha value is -2.71. The van der Waals surface area contributed by atoms with Crippen LogP contribution in [0, 0.1) is 13.8 Å². The highest BCUT2D eigenvalue weighted by atomic mass is 32.2. The topological polar surface area (TPSA) is 113 Å². The molecule has 2 rings (SSSR count). The van der Waals surface area contributed by atoms with Crippen molar-refractivity contribution in [1.82, 2.24) is 10.0 Å². The molecule has 27 heavy (non-hydrogen) atoms. The monoisotopic (exact) mass is 390 g/mol. The molecule has 3 N–H and O–H groups in total. The Morgan fingerprint density at radius 3 is 2.30 bits per heavy atom. The number of carboxylic acid groups (broad SMARTS) is 1. The van der Waals surface area contributed by atoms with Crippen LogP contribution in [-0.2, 0) is 19.6 Å². The molecule has 0 aliphatic heterocycles. The van der Waals surface area contributed by atoms with Gasteiger partial charge in [0, 0.05) is 13.0 Å². The van der Waals surface area contributed by atoms with E-state index in [1.54, 1.807) is 36.4 Å². The molecule has 0 radical (unpaired) electrons. The van der Waals surface area contributed by atoms with Gasteiger partial charge in [0.15, 0.2) is 6.04 Å². The first-order valence-electron chi connectivity index (χ1n) is 8.35. The van der Waals surface area contributed by atoms with E-state index in [2.05, 4.69) is 10.0 Å². The van der Waals surface area contributed by atoms with Crippen LogP contribution in [0.4, 0.5) is 0 Å². The average Bonchev–Trinajstić information content (AvgIpc) is 2.62. The van der Waals surface area contributed by atoms with Crippen LogP contribution in [0.25, 0.3) is 0 Å². The zero-order valence-electron chi connectivity index (χ0n) is 15.1. The van der Waals surface area contributed by atoms with Crippen molar-refractivity contribution in [1.29, 1.82) is 0 Å². The van der Waals surface area contributed by atoms with Gasteiger partial charge in [-0.05, 0) is 42.7 Å². The number of aryl methyl sites for hydroxylation is 2. The van der Waals surface area contributed by atoms with Crippen LogP contribution in [0.5, 0.6) is 0 Å². The molecule has 0 aliphatic carbocycles. The summed E-state index contributed by atoms with van der Waals surface area (Å²) in [6, 6.07) is 11.8. The normalized spacial score (nSPS) is 12.4. The fraction of sp³-hybridized carbons (Fsp3) is 0.263. The number of nitrogens with one attached hydrogen (secondary N) is 2. The Balaban J connectivity index is 1.96. The minimum Gasteiger partial charge on any atom is -0.479 e. The van der Waals surface area contributed by atoms with E-state index in [1.807, 2.05) is 13.8 Å². The van der Waals surface area contributed by atoms with E-state index in [1.165, 1.54) is 12.1 Å². The maximum Gasteiger partial charge on any atom is 0.330 e. The fourth-order valence-electron chi connectivity index (χ4n) is 2.45. The number of sulfonamides is 1. The number of hydrogen-bond donors (Lipinski definition) is 3. The highest BCUT2D eigenvalue weighted by molar-refractivity contribution is 7.89. The van der Waals surface area contributed by atoms with E-state index in [9.17, 15) is 23.1 Å². The van der Waals surface area contributed by atoms with E-state index in [-0.39, 0.29) is 17.9 Å². The van der Waals surface area contributed by atoms with Crippen molar-refractivity contribution in [3.63, 3.8) is 0 Å². The smallest absolute Gasteiger partial charge is 0.330 e. The third-order valence-corrected chi connectivity index (χ3v) is 5.59. The fourth-order valence-corrected chi connectivity index (χ4v) is 3.50. The van der Waals surface area contributed by atoms with Crippen LogP contribution in [0.3, 0.4) is 0 Å². The average molecular weight is 390 g/mol. The summed E-state index contributed by atoms with van der Waals surface area (Å²) in [6.07, 6.45) is -0.180. The predicted molar refractivity (Wildman–Crippen MR) is 101 cm³/mol. The Labute approximate surface area is 158 Å². The number of amides is 1. The van der Waals surface area contributed by atoms with Crippen molar-refractivity contribution in [3.8, 4) is 0 Å². The predicted octanol–water partition coefficient (Wildman–Crippen LogP) is 1.91. The molecule has 1 atom stereocenters. The van der Waals surface area contributed by atoms with Crippen molar-refractivity contribution >= 4 is 21.9 Å². The Bertz CT molecular complexity index is 926. The van der Waals surface area contributed by atoms with E-state index in [0.29, 0.717) is 5.56 Å². The number of carbonyl (C=O) groups is 2. The molecule has 8 heteroatoms. The number of hydrogen-bond acceptors (Lipinski definition) is 4. The summed E-state index contributed by atoms with van der Waals surface area (Å²) in [5, 5.41) is 11.8. The molecule has 2 aromatic rings. The van der Waals surface area contributed by atoms with E-state index in [4.69, 9.17) is 0 Å². The zero-order chi connectivity index (χ0) is 20.0. The summed E-state index contributed by atoms with van der Waals surface area (Å²) in [7, 11) is -3.71. The van der Waals surface area contributed by atoms with Crippen molar-refractivity contribution < 1.29 is 23.1 Å². The van der Waals surface area contributed by atoms with Gasteiger partial charge in [-0.1, -0.05) is 36.4 Å². The maximum absolute atomic E-state index is 12.1. The third-order valence-electron chi connectivity index (χ3n) is 4.11. The van der Waals surface area contributed by atoms with Crippen LogP contribution in [0.15, 0.2) is 53.4 Å². The first-order chi connectivity index (χ1) is 12.7. The summed E-state index contributed by atoms with van der Waals surface area (Å²) in [5.41, 5.74) is 2.40. The molecule has 7 nitrogen and oxygen atoms in total. The second kappa shape index (κ2) is 8.79. The molecule has 0 aromatic heterocycles. The quantitative estimate of drug-likeness (QED) is 0.637. The van der Waals surface area contributed by atoms with Gasteiger partial charge in [-0.3, -0.25) is 4.79 Å². The minimum absolute atomic E-state index is 0.101. The number of carboxylic acids is 1. The molecular weight excluding hydrogens is 368 g/mol. The van der Waals surface area contributed by atoms with Gasteiger partial charge in [0.2, 0.25) is 15.9 Å². The van der Waals surface area contributed by atoms with Gasteiger partial charge in [-0.2, -0.15) is 0 Å². The maximum atomic E-state index is 12.1. The Morgan fingerprint density at radius 1 is 1.04 bits per heavy atom. The standard InChI is InChI=1S/C19H22N2O5S/c1-13-8-9-15(12-14(13)2)18(19(23)24)21-17(22)10-11-20-27(25,26)16-6-4-3-5-7-16/h3-9,12,18,20H,10-11H2,1-2H3,(H,21,22)(H,23,24). The lowest BCUT2D eigenvalue weighted by Gasteiger charge is -2.16. The SMILES string of the molecule is Cc1ccc(C(NC(=O)CCNS(=O)(=O)c2ccccc2)C(=O)O)cc1C.